The number of benzene rings is 1. The maximum absolute atomic E-state index is 12.0. The Morgan fingerprint density at radius 3 is 2.88 bits per heavy atom. The van der Waals surface area contributed by atoms with Gasteiger partial charge in [-0.3, -0.25) is 9.20 Å². The third-order valence-corrected chi connectivity index (χ3v) is 4.88. The number of ether oxygens (including phenoxy) is 1. The molecule has 0 fully saturated rings. The standard InChI is InChI=1S/C20H18N4O2/c1-20(2,11-21)14-4-5-24-15(10-22-17(24)8-14)12-6-13-9-23-19(25)18(13)16(7-12)26-3/h4-8,10H,9H2,1-3H3,(H,23,25). The molecule has 0 spiro atoms. The van der Waals surface area contributed by atoms with Crippen LogP contribution in [0, 0.1) is 11.3 Å². The monoisotopic (exact) mass is 346 g/mol. The molecule has 1 N–H and O–H groups in total. The van der Waals surface area contributed by atoms with Crippen LogP contribution in [0.4, 0.5) is 0 Å². The van der Waals surface area contributed by atoms with Crippen LogP contribution in [0.3, 0.4) is 0 Å². The first-order chi connectivity index (χ1) is 12.4. The number of pyridine rings is 1. The van der Waals surface area contributed by atoms with E-state index in [4.69, 9.17) is 4.74 Å². The maximum Gasteiger partial charge on any atom is 0.255 e. The second kappa shape index (κ2) is 5.60. The zero-order chi connectivity index (χ0) is 18.5. The molecule has 4 rings (SSSR count). The lowest BCUT2D eigenvalue weighted by Gasteiger charge is -2.16. The summed E-state index contributed by atoms with van der Waals surface area (Å²) < 4.78 is 7.40. The Kier molecular flexibility index (Phi) is 3.48. The number of hydrogen-bond acceptors (Lipinski definition) is 4. The van der Waals surface area contributed by atoms with Gasteiger partial charge in [-0.2, -0.15) is 5.26 Å². The van der Waals surface area contributed by atoms with E-state index in [0.717, 1.165) is 28.0 Å². The largest absolute Gasteiger partial charge is 0.496 e. The number of rotatable bonds is 3. The van der Waals surface area contributed by atoms with Crippen LogP contribution in [-0.4, -0.2) is 22.4 Å². The van der Waals surface area contributed by atoms with Gasteiger partial charge in [0.2, 0.25) is 0 Å². The van der Waals surface area contributed by atoms with E-state index < -0.39 is 5.41 Å². The summed E-state index contributed by atoms with van der Waals surface area (Å²) in [6.45, 7) is 4.27. The van der Waals surface area contributed by atoms with Crippen LogP contribution in [-0.2, 0) is 12.0 Å². The predicted octanol–water partition coefficient (Wildman–Crippen LogP) is 3.05. The number of nitrogens with one attached hydrogen (secondary N) is 1. The zero-order valence-corrected chi connectivity index (χ0v) is 14.8. The van der Waals surface area contributed by atoms with Crippen molar-refractivity contribution in [2.45, 2.75) is 25.8 Å². The van der Waals surface area contributed by atoms with E-state index in [1.807, 2.05) is 48.7 Å². The fraction of sp³-hybridized carbons (Fsp3) is 0.250. The molecule has 0 saturated carbocycles. The maximum atomic E-state index is 12.0. The zero-order valence-electron chi connectivity index (χ0n) is 14.8. The number of imidazole rings is 1. The van der Waals surface area contributed by atoms with Gasteiger partial charge in [-0.25, -0.2) is 4.98 Å². The van der Waals surface area contributed by atoms with E-state index in [-0.39, 0.29) is 5.91 Å². The fourth-order valence-electron chi connectivity index (χ4n) is 3.29. The van der Waals surface area contributed by atoms with E-state index in [9.17, 15) is 10.1 Å². The molecular weight excluding hydrogens is 328 g/mol. The fourth-order valence-corrected chi connectivity index (χ4v) is 3.29. The van der Waals surface area contributed by atoms with Crippen molar-refractivity contribution in [3.63, 3.8) is 0 Å². The summed E-state index contributed by atoms with van der Waals surface area (Å²) in [6, 6.07) is 10.0. The molecule has 1 amide bonds. The highest BCUT2D eigenvalue weighted by molar-refractivity contribution is 6.01. The Balaban J connectivity index is 1.86. The molecular formula is C20H18N4O2. The van der Waals surface area contributed by atoms with Crippen molar-refractivity contribution in [1.29, 1.82) is 5.26 Å². The Morgan fingerprint density at radius 2 is 2.15 bits per heavy atom. The van der Waals surface area contributed by atoms with Gasteiger partial charge in [0.1, 0.15) is 11.4 Å². The molecule has 26 heavy (non-hydrogen) atoms. The third-order valence-electron chi connectivity index (χ3n) is 4.88. The normalized spacial score (nSPS) is 13.4. The molecule has 0 aliphatic carbocycles. The molecule has 0 saturated heterocycles. The van der Waals surface area contributed by atoms with E-state index in [1.54, 1.807) is 13.3 Å². The molecule has 130 valence electrons. The quantitative estimate of drug-likeness (QED) is 0.790. The van der Waals surface area contributed by atoms with Crippen LogP contribution in [0.1, 0.15) is 35.3 Å². The Bertz CT molecular complexity index is 1090. The molecule has 6 nitrogen and oxygen atoms in total. The van der Waals surface area contributed by atoms with Gasteiger partial charge in [-0.15, -0.1) is 0 Å². The second-order valence-electron chi connectivity index (χ2n) is 6.92. The van der Waals surface area contributed by atoms with E-state index in [1.165, 1.54) is 0 Å². The number of fused-ring (bicyclic) bond motifs is 2. The van der Waals surface area contributed by atoms with Crippen LogP contribution >= 0.6 is 0 Å². The van der Waals surface area contributed by atoms with Crippen molar-refractivity contribution in [3.05, 3.63) is 53.3 Å². The van der Waals surface area contributed by atoms with Crippen molar-refractivity contribution >= 4 is 11.6 Å². The molecule has 0 atom stereocenters. The highest BCUT2D eigenvalue weighted by Gasteiger charge is 2.25. The molecule has 1 aliphatic heterocycles. The van der Waals surface area contributed by atoms with Crippen LogP contribution < -0.4 is 10.1 Å². The summed E-state index contributed by atoms with van der Waals surface area (Å²) >= 11 is 0. The van der Waals surface area contributed by atoms with Crippen LogP contribution in [0.5, 0.6) is 5.75 Å². The predicted molar refractivity (Wildman–Crippen MR) is 97.0 cm³/mol. The van der Waals surface area contributed by atoms with E-state index >= 15 is 0 Å². The van der Waals surface area contributed by atoms with Crippen LogP contribution in [0.15, 0.2) is 36.7 Å². The van der Waals surface area contributed by atoms with Gasteiger partial charge in [-0.1, -0.05) is 0 Å². The minimum absolute atomic E-state index is 0.107. The average molecular weight is 346 g/mol. The second-order valence-corrected chi connectivity index (χ2v) is 6.92. The van der Waals surface area contributed by atoms with Crippen LogP contribution in [0.2, 0.25) is 0 Å². The lowest BCUT2D eigenvalue weighted by Crippen LogP contribution is -2.14. The van der Waals surface area contributed by atoms with Gasteiger partial charge in [0.15, 0.2) is 0 Å². The van der Waals surface area contributed by atoms with Crippen molar-refractivity contribution in [1.82, 2.24) is 14.7 Å². The number of carbonyl (C=O) groups excluding carboxylic acids is 1. The number of hydrogen-bond donors (Lipinski definition) is 1. The van der Waals surface area contributed by atoms with E-state index in [2.05, 4.69) is 16.4 Å². The van der Waals surface area contributed by atoms with Gasteiger partial charge in [-0.05, 0) is 49.2 Å². The minimum Gasteiger partial charge on any atom is -0.496 e. The third kappa shape index (κ3) is 2.32. The molecule has 3 heterocycles. The molecule has 1 aliphatic rings. The molecule has 2 aromatic heterocycles. The first-order valence-electron chi connectivity index (χ1n) is 8.33. The van der Waals surface area contributed by atoms with Gasteiger partial charge in [0.05, 0.1) is 36.0 Å². The number of nitriles is 1. The SMILES string of the molecule is COc1cc(-c2cnc3cc(C(C)(C)C#N)ccn23)cc2c1C(=O)NC2. The molecule has 0 unspecified atom stereocenters. The van der Waals surface area contributed by atoms with Gasteiger partial charge in [0, 0.05) is 18.3 Å². The minimum atomic E-state index is -0.573. The van der Waals surface area contributed by atoms with Crippen molar-refractivity contribution < 1.29 is 9.53 Å². The van der Waals surface area contributed by atoms with Gasteiger partial charge >= 0.3 is 0 Å². The Hall–Kier alpha value is -3.33. The van der Waals surface area contributed by atoms with Crippen LogP contribution in [0.25, 0.3) is 16.9 Å². The molecule has 1 aromatic carbocycles. The summed E-state index contributed by atoms with van der Waals surface area (Å²) in [5.41, 5.74) is 4.47. The van der Waals surface area contributed by atoms with Crippen molar-refractivity contribution in [2.24, 2.45) is 0 Å². The Labute approximate surface area is 151 Å². The summed E-state index contributed by atoms with van der Waals surface area (Å²) in [5, 5.41) is 12.2. The number of methoxy groups -OCH3 is 1. The first-order valence-corrected chi connectivity index (χ1v) is 8.33. The van der Waals surface area contributed by atoms with E-state index in [0.29, 0.717) is 17.9 Å². The highest BCUT2D eigenvalue weighted by Crippen LogP contribution is 2.34. The number of nitrogens with zero attached hydrogens (tertiary/aromatic N) is 3. The summed E-state index contributed by atoms with van der Waals surface area (Å²) in [4.78, 5) is 16.5. The molecule has 0 radical (unpaired) electrons. The van der Waals surface area contributed by atoms with Gasteiger partial charge in [0.25, 0.3) is 5.91 Å². The van der Waals surface area contributed by atoms with Crippen molar-refractivity contribution in [3.8, 4) is 23.1 Å². The van der Waals surface area contributed by atoms with Gasteiger partial charge < -0.3 is 10.1 Å². The summed E-state index contributed by atoms with van der Waals surface area (Å²) in [7, 11) is 1.57. The average Bonchev–Trinajstić information content (AvgIpc) is 3.24. The van der Waals surface area contributed by atoms with Crippen molar-refractivity contribution in [2.75, 3.05) is 7.11 Å². The molecule has 6 heteroatoms. The topological polar surface area (TPSA) is 79.4 Å². The number of amides is 1. The number of carbonyl (C=O) groups is 1. The lowest BCUT2D eigenvalue weighted by molar-refractivity contribution is 0.0963. The highest BCUT2D eigenvalue weighted by atomic mass is 16.5. The Morgan fingerprint density at radius 1 is 1.35 bits per heavy atom. The summed E-state index contributed by atoms with van der Waals surface area (Å²) in [5.74, 6) is 0.453. The first kappa shape index (κ1) is 16.2. The molecule has 3 aromatic rings. The lowest BCUT2D eigenvalue weighted by atomic mass is 9.87. The molecule has 0 bridgehead atoms. The number of aromatic nitrogens is 2. The smallest absolute Gasteiger partial charge is 0.255 e. The summed E-state index contributed by atoms with van der Waals surface area (Å²) in [6.07, 6.45) is 3.72.